The number of sulfonamides is 1. The fourth-order valence-corrected chi connectivity index (χ4v) is 6.51. The predicted octanol–water partition coefficient (Wildman–Crippen LogP) is 6.66. The van der Waals surface area contributed by atoms with Gasteiger partial charge in [-0.05, 0) is 38.8 Å². The summed E-state index contributed by atoms with van der Waals surface area (Å²) in [4.78, 5) is 13.2. The molecule has 2 aromatic heterocycles. The molecule has 0 bridgehead atoms. The van der Waals surface area contributed by atoms with Gasteiger partial charge >= 0.3 is 0 Å². The Morgan fingerprint density at radius 2 is 1.59 bits per heavy atom. The quantitative estimate of drug-likeness (QED) is 0.143. The third kappa shape index (κ3) is 8.55. The second-order valence-electron chi connectivity index (χ2n) is 13.9. The molecule has 11 heteroatoms. The number of hydrogen-bond acceptors (Lipinski definition) is 6. The molecule has 0 saturated carbocycles. The molecule has 0 spiro atoms. The van der Waals surface area contributed by atoms with E-state index in [1.165, 1.54) is 12.0 Å². The molecule has 0 saturated heterocycles. The number of anilines is 1. The summed E-state index contributed by atoms with van der Waals surface area (Å²) < 4.78 is 35.9. The summed E-state index contributed by atoms with van der Waals surface area (Å²) in [6, 6.07) is 6.78. The van der Waals surface area contributed by atoms with Crippen molar-refractivity contribution in [1.82, 2.24) is 25.1 Å². The van der Waals surface area contributed by atoms with Crippen molar-refractivity contribution in [2.45, 2.75) is 130 Å². The second kappa shape index (κ2) is 14.3. The van der Waals surface area contributed by atoms with Gasteiger partial charge in [-0.3, -0.25) is 14.6 Å². The Morgan fingerprint density at radius 3 is 2.25 bits per heavy atom. The van der Waals surface area contributed by atoms with Crippen molar-refractivity contribution in [3.8, 4) is 5.75 Å². The van der Waals surface area contributed by atoms with Gasteiger partial charge in [0.25, 0.3) is 5.91 Å². The van der Waals surface area contributed by atoms with Crippen LogP contribution >= 0.6 is 0 Å². The average Bonchev–Trinajstić information content (AvgIpc) is 3.50. The Bertz CT molecular complexity index is 1500. The van der Waals surface area contributed by atoms with E-state index in [2.05, 4.69) is 60.0 Å². The molecule has 0 atom stereocenters. The van der Waals surface area contributed by atoms with Crippen LogP contribution in [0.2, 0.25) is 0 Å². The molecule has 2 heterocycles. The van der Waals surface area contributed by atoms with Gasteiger partial charge in [0.2, 0.25) is 10.0 Å². The number of fused-ring (bicyclic) bond motifs is 1. The maximum Gasteiger partial charge on any atom is 0.258 e. The van der Waals surface area contributed by atoms with Gasteiger partial charge < -0.3 is 10.1 Å². The number of aryl methyl sites for hydroxylation is 1. The van der Waals surface area contributed by atoms with Crippen molar-refractivity contribution < 1.29 is 17.9 Å². The molecule has 0 fully saturated rings. The lowest BCUT2D eigenvalue weighted by Gasteiger charge is -2.40. The van der Waals surface area contributed by atoms with E-state index < -0.39 is 21.0 Å². The number of nitrogens with one attached hydrogen (secondary N) is 3. The van der Waals surface area contributed by atoms with Crippen molar-refractivity contribution in [3.63, 3.8) is 0 Å². The van der Waals surface area contributed by atoms with E-state index in [0.717, 1.165) is 55.7 Å². The zero-order valence-corrected chi connectivity index (χ0v) is 29.1. The van der Waals surface area contributed by atoms with Crippen molar-refractivity contribution in [1.29, 1.82) is 0 Å². The number of para-hydroxylation sites is 2. The molecular formula is C33H54N6O4S. The van der Waals surface area contributed by atoms with Crippen molar-refractivity contribution >= 4 is 27.3 Å². The fraction of sp³-hybridized carbons (Fsp3) is 0.667. The van der Waals surface area contributed by atoms with Crippen LogP contribution in [0, 0.1) is 0 Å². The highest BCUT2D eigenvalue weighted by atomic mass is 32.2. The summed E-state index contributed by atoms with van der Waals surface area (Å²) in [6.07, 6.45) is 7.87. The molecule has 3 rings (SSSR count). The number of H-pyrrole nitrogens is 1. The Kier molecular flexibility index (Phi) is 11.5. The normalized spacial score (nSPS) is 12.9. The van der Waals surface area contributed by atoms with Crippen LogP contribution in [0.4, 0.5) is 5.69 Å². The summed E-state index contributed by atoms with van der Waals surface area (Å²) in [7, 11) is -3.54. The standard InChI is InChI=1S/C33H54N6O4S/c1-10-12-13-14-15-18-22-44(41,42)38-25-20-16-17-21-26(25)43-23-27(40)34-33(8,9)32(6,7)30-36-35-29-24(19-11-2)28(31(3,4)5)37-39(29)30/h16-17,20-21,37-38H,10-15,18-19,22-23H2,1-9H3,(H,34,40). The number of benzene rings is 1. The number of aromatic nitrogens is 4. The maximum absolute atomic E-state index is 13.2. The molecule has 3 N–H and O–H groups in total. The highest BCUT2D eigenvalue weighted by molar-refractivity contribution is 7.92. The zero-order valence-electron chi connectivity index (χ0n) is 28.3. The molecule has 0 aliphatic heterocycles. The lowest BCUT2D eigenvalue weighted by molar-refractivity contribution is -0.125. The first-order valence-electron chi connectivity index (χ1n) is 16.0. The molecule has 10 nitrogen and oxygen atoms in total. The Labute approximate surface area is 264 Å². The molecule has 3 aromatic rings. The number of unbranched alkanes of at least 4 members (excludes halogenated alkanes) is 5. The van der Waals surface area contributed by atoms with Gasteiger partial charge in [-0.15, -0.1) is 10.2 Å². The minimum atomic E-state index is -3.54. The maximum atomic E-state index is 13.2. The number of aromatic amines is 1. The zero-order chi connectivity index (χ0) is 32.8. The van der Waals surface area contributed by atoms with E-state index in [9.17, 15) is 13.2 Å². The molecule has 0 unspecified atom stereocenters. The number of hydrogen-bond donors (Lipinski definition) is 3. The first-order valence-corrected chi connectivity index (χ1v) is 17.7. The SMILES string of the molecule is CCCCCCCCS(=O)(=O)Nc1ccccc1OCC(=O)NC(C)(C)C(C)(C)c1nnc2c(CCC)c(C(C)(C)C)[nH]n12. The van der Waals surface area contributed by atoms with Crippen LogP contribution < -0.4 is 14.8 Å². The summed E-state index contributed by atoms with van der Waals surface area (Å²) in [6.45, 7) is 18.6. The molecule has 246 valence electrons. The van der Waals surface area contributed by atoms with Crippen LogP contribution in [0.3, 0.4) is 0 Å². The monoisotopic (exact) mass is 630 g/mol. The number of nitrogens with zero attached hydrogens (tertiary/aromatic N) is 3. The van der Waals surface area contributed by atoms with Crippen molar-refractivity contribution in [2.75, 3.05) is 17.1 Å². The minimum Gasteiger partial charge on any atom is -0.482 e. The molecule has 0 aliphatic carbocycles. The highest BCUT2D eigenvalue weighted by Gasteiger charge is 2.44. The van der Waals surface area contributed by atoms with E-state index in [4.69, 9.17) is 4.74 Å². The smallest absolute Gasteiger partial charge is 0.258 e. The Morgan fingerprint density at radius 1 is 0.932 bits per heavy atom. The van der Waals surface area contributed by atoms with Crippen LogP contribution in [-0.2, 0) is 32.1 Å². The number of carbonyl (C=O) groups is 1. The van der Waals surface area contributed by atoms with E-state index >= 15 is 0 Å². The Balaban J connectivity index is 1.69. The summed E-state index contributed by atoms with van der Waals surface area (Å²) in [5.74, 6) is 0.735. The number of ether oxygens (including phenoxy) is 1. The molecule has 0 aliphatic rings. The lowest BCUT2D eigenvalue weighted by atomic mass is 9.73. The second-order valence-corrected chi connectivity index (χ2v) is 15.8. The van der Waals surface area contributed by atoms with Gasteiger partial charge in [0, 0.05) is 27.6 Å². The third-order valence-corrected chi connectivity index (χ3v) is 9.92. The fourth-order valence-electron chi connectivity index (χ4n) is 5.32. The largest absolute Gasteiger partial charge is 0.482 e. The van der Waals surface area contributed by atoms with Crippen molar-refractivity contribution in [3.05, 3.63) is 41.3 Å². The lowest BCUT2D eigenvalue weighted by Crippen LogP contribution is -2.57. The van der Waals surface area contributed by atoms with Gasteiger partial charge in [0.05, 0.1) is 11.4 Å². The van der Waals surface area contributed by atoms with Gasteiger partial charge in [-0.25, -0.2) is 12.9 Å². The Hall–Kier alpha value is -3.08. The average molecular weight is 631 g/mol. The molecular weight excluding hydrogens is 576 g/mol. The van der Waals surface area contributed by atoms with E-state index in [-0.39, 0.29) is 23.7 Å². The van der Waals surface area contributed by atoms with E-state index in [1.807, 2.05) is 32.2 Å². The summed E-state index contributed by atoms with van der Waals surface area (Å²) in [5, 5.41) is 15.8. The topological polar surface area (TPSA) is 130 Å². The molecule has 1 aromatic carbocycles. The minimum absolute atomic E-state index is 0.0467. The number of rotatable bonds is 17. The summed E-state index contributed by atoms with van der Waals surface area (Å²) in [5.41, 5.74) is 1.99. The molecule has 1 amide bonds. The van der Waals surface area contributed by atoms with Crippen molar-refractivity contribution in [2.24, 2.45) is 0 Å². The van der Waals surface area contributed by atoms with Crippen LogP contribution in [0.15, 0.2) is 24.3 Å². The van der Waals surface area contributed by atoms with Gasteiger partial charge in [-0.1, -0.05) is 99.1 Å². The molecule has 0 radical (unpaired) electrons. The highest BCUT2D eigenvalue weighted by Crippen LogP contribution is 2.36. The first kappa shape index (κ1) is 35.4. The third-order valence-electron chi connectivity index (χ3n) is 8.56. The van der Waals surface area contributed by atoms with Crippen LogP contribution in [-0.4, -0.2) is 52.0 Å². The summed E-state index contributed by atoms with van der Waals surface area (Å²) >= 11 is 0. The molecule has 44 heavy (non-hydrogen) atoms. The van der Waals surface area contributed by atoms with E-state index in [0.29, 0.717) is 17.9 Å². The number of carbonyl (C=O) groups excluding carboxylic acids is 1. The van der Waals surface area contributed by atoms with Gasteiger partial charge in [0.1, 0.15) is 5.75 Å². The van der Waals surface area contributed by atoms with Crippen LogP contribution in [0.5, 0.6) is 5.75 Å². The van der Waals surface area contributed by atoms with Gasteiger partial charge in [0.15, 0.2) is 18.1 Å². The number of amides is 1. The predicted molar refractivity (Wildman–Crippen MR) is 178 cm³/mol. The van der Waals surface area contributed by atoms with Crippen LogP contribution in [0.1, 0.15) is 124 Å². The van der Waals surface area contributed by atoms with E-state index in [1.54, 1.807) is 24.3 Å². The van der Waals surface area contributed by atoms with Crippen LogP contribution in [0.25, 0.3) is 5.65 Å². The first-order chi connectivity index (χ1) is 20.5. The van der Waals surface area contributed by atoms with Gasteiger partial charge in [-0.2, -0.15) is 0 Å².